The molecule has 3 nitrogen and oxygen atoms in total. The second kappa shape index (κ2) is 5.02. The van der Waals surface area contributed by atoms with E-state index >= 15 is 0 Å². The lowest BCUT2D eigenvalue weighted by molar-refractivity contribution is 0.0889. The Morgan fingerprint density at radius 3 is 2.52 bits per heavy atom. The predicted molar refractivity (Wildman–Crippen MR) is 80.9 cm³/mol. The van der Waals surface area contributed by atoms with Gasteiger partial charge in [0.1, 0.15) is 11.7 Å². The monoisotopic (exact) mass is 278 g/mol. The fraction of sp³-hybridized carbons (Fsp3) is 0.111. The molecule has 3 heteroatoms. The fourth-order valence-electron chi connectivity index (χ4n) is 2.82. The van der Waals surface area contributed by atoms with Crippen LogP contribution in [-0.4, -0.2) is 18.7 Å². The van der Waals surface area contributed by atoms with E-state index in [-0.39, 0.29) is 11.6 Å². The van der Waals surface area contributed by atoms with Crippen LogP contribution in [0.15, 0.2) is 49.0 Å². The number of Topliss-reactive ketones (excluding diaryl/α,β-unsaturated/α-hetero) is 2. The highest BCUT2D eigenvalue weighted by Crippen LogP contribution is 2.39. The number of ketones is 2. The van der Waals surface area contributed by atoms with Gasteiger partial charge in [-0.25, -0.2) is 0 Å². The molecule has 3 rings (SSSR count). The molecule has 0 amide bonds. The molecular weight excluding hydrogens is 264 g/mol. The zero-order chi connectivity index (χ0) is 15.0. The van der Waals surface area contributed by atoms with Crippen LogP contribution in [0, 0.1) is 0 Å². The second-order valence-electron chi connectivity index (χ2n) is 4.88. The zero-order valence-corrected chi connectivity index (χ0v) is 11.6. The Hall–Kier alpha value is -2.68. The smallest absolute Gasteiger partial charge is 0.182 e. The first-order valence-electron chi connectivity index (χ1n) is 6.65. The van der Waals surface area contributed by atoms with Crippen LogP contribution in [0.25, 0.3) is 6.08 Å². The van der Waals surface area contributed by atoms with E-state index in [0.717, 1.165) is 5.56 Å². The van der Waals surface area contributed by atoms with E-state index in [0.29, 0.717) is 22.4 Å². The number of benzene rings is 2. The van der Waals surface area contributed by atoms with E-state index in [1.807, 2.05) is 18.2 Å². The van der Waals surface area contributed by atoms with Crippen LogP contribution in [0.1, 0.15) is 37.8 Å². The van der Waals surface area contributed by atoms with Crippen molar-refractivity contribution in [3.8, 4) is 5.75 Å². The van der Waals surface area contributed by atoms with Crippen LogP contribution in [0.5, 0.6) is 5.75 Å². The summed E-state index contributed by atoms with van der Waals surface area (Å²) < 4.78 is 5.22. The maximum Gasteiger partial charge on any atom is 0.182 e. The average Bonchev–Trinajstić information content (AvgIpc) is 2.79. The Balaban J connectivity index is 2.19. The Morgan fingerprint density at radius 2 is 1.81 bits per heavy atom. The van der Waals surface area contributed by atoms with E-state index in [2.05, 4.69) is 6.58 Å². The molecular formula is C18H14O3. The summed E-state index contributed by atoms with van der Waals surface area (Å²) >= 11 is 0. The third-order valence-electron chi connectivity index (χ3n) is 3.81. The largest absolute Gasteiger partial charge is 0.496 e. The van der Waals surface area contributed by atoms with Gasteiger partial charge in [0.05, 0.1) is 12.7 Å². The highest BCUT2D eigenvalue weighted by Gasteiger charge is 2.42. The summed E-state index contributed by atoms with van der Waals surface area (Å²) in [6.45, 7) is 3.75. The minimum Gasteiger partial charge on any atom is -0.496 e. The summed E-state index contributed by atoms with van der Waals surface area (Å²) in [6.07, 6.45) is 1.66. The summed E-state index contributed by atoms with van der Waals surface area (Å²) in [5.74, 6) is -0.736. The maximum absolute atomic E-state index is 12.7. The van der Waals surface area contributed by atoms with Crippen molar-refractivity contribution < 1.29 is 14.3 Å². The molecule has 104 valence electrons. The molecule has 2 aromatic carbocycles. The van der Waals surface area contributed by atoms with Gasteiger partial charge in [-0.15, -0.1) is 0 Å². The Kier molecular flexibility index (Phi) is 3.18. The molecule has 1 aliphatic rings. The first kappa shape index (κ1) is 13.3. The first-order valence-corrected chi connectivity index (χ1v) is 6.65. The molecule has 0 spiro atoms. The van der Waals surface area contributed by atoms with Gasteiger partial charge in [0.2, 0.25) is 0 Å². The highest BCUT2D eigenvalue weighted by molar-refractivity contribution is 6.30. The molecule has 0 saturated heterocycles. The Labute approximate surface area is 122 Å². The summed E-state index contributed by atoms with van der Waals surface area (Å²) in [5, 5.41) is 0. The van der Waals surface area contributed by atoms with E-state index in [4.69, 9.17) is 4.74 Å². The number of ether oxygens (including phenoxy) is 1. The molecule has 0 N–H and O–H groups in total. The van der Waals surface area contributed by atoms with Crippen LogP contribution in [0.4, 0.5) is 0 Å². The van der Waals surface area contributed by atoms with Crippen LogP contribution in [0.3, 0.4) is 0 Å². The molecule has 0 fully saturated rings. The SMILES string of the molecule is C=Cc1ccccc1C1C(=O)c2cccc(OC)c2C1=O. The van der Waals surface area contributed by atoms with Gasteiger partial charge in [-0.2, -0.15) is 0 Å². The third kappa shape index (κ3) is 1.89. The molecule has 1 unspecified atom stereocenters. The van der Waals surface area contributed by atoms with Crippen molar-refractivity contribution in [1.29, 1.82) is 0 Å². The summed E-state index contributed by atoms with van der Waals surface area (Å²) in [7, 11) is 1.50. The highest BCUT2D eigenvalue weighted by atomic mass is 16.5. The predicted octanol–water partition coefficient (Wildman–Crippen LogP) is 3.50. The molecule has 0 saturated carbocycles. The number of methoxy groups -OCH3 is 1. The van der Waals surface area contributed by atoms with Crippen molar-refractivity contribution in [1.82, 2.24) is 0 Å². The van der Waals surface area contributed by atoms with E-state index in [1.165, 1.54) is 7.11 Å². The van der Waals surface area contributed by atoms with Gasteiger partial charge < -0.3 is 4.74 Å². The Morgan fingerprint density at radius 1 is 1.05 bits per heavy atom. The minimum atomic E-state index is -0.800. The standard InChI is InChI=1S/C18H14O3/c1-3-11-7-4-5-8-12(11)16-17(19)13-9-6-10-14(21-2)15(13)18(16)20/h3-10,16H,1H2,2H3. The molecule has 21 heavy (non-hydrogen) atoms. The van der Waals surface area contributed by atoms with Crippen LogP contribution >= 0.6 is 0 Å². The number of rotatable bonds is 3. The van der Waals surface area contributed by atoms with Gasteiger partial charge in [-0.1, -0.05) is 49.1 Å². The van der Waals surface area contributed by atoms with Gasteiger partial charge in [-0.3, -0.25) is 9.59 Å². The van der Waals surface area contributed by atoms with Crippen LogP contribution in [-0.2, 0) is 0 Å². The van der Waals surface area contributed by atoms with Crippen molar-refractivity contribution in [2.24, 2.45) is 0 Å². The number of hydrogen-bond donors (Lipinski definition) is 0. The van der Waals surface area contributed by atoms with Gasteiger partial charge in [0.25, 0.3) is 0 Å². The minimum absolute atomic E-state index is 0.178. The molecule has 0 radical (unpaired) electrons. The number of fused-ring (bicyclic) bond motifs is 1. The Bertz CT molecular complexity index is 759. The van der Waals surface area contributed by atoms with Crippen molar-refractivity contribution >= 4 is 17.6 Å². The average molecular weight is 278 g/mol. The van der Waals surface area contributed by atoms with Crippen LogP contribution in [0.2, 0.25) is 0 Å². The number of carbonyl (C=O) groups is 2. The first-order chi connectivity index (χ1) is 10.2. The zero-order valence-electron chi connectivity index (χ0n) is 11.6. The molecule has 1 atom stereocenters. The molecule has 0 aromatic heterocycles. The molecule has 0 bridgehead atoms. The van der Waals surface area contributed by atoms with Crippen molar-refractivity contribution in [2.75, 3.05) is 7.11 Å². The lowest BCUT2D eigenvalue weighted by Gasteiger charge is -2.11. The fourth-order valence-corrected chi connectivity index (χ4v) is 2.82. The summed E-state index contributed by atoms with van der Waals surface area (Å²) in [4.78, 5) is 25.4. The molecule has 0 aliphatic heterocycles. The van der Waals surface area contributed by atoms with E-state index in [1.54, 1.807) is 30.3 Å². The molecule has 1 aliphatic carbocycles. The maximum atomic E-state index is 12.7. The third-order valence-corrected chi connectivity index (χ3v) is 3.81. The number of hydrogen-bond acceptors (Lipinski definition) is 3. The van der Waals surface area contributed by atoms with E-state index < -0.39 is 5.92 Å². The normalized spacial score (nSPS) is 16.7. The molecule has 2 aromatic rings. The van der Waals surface area contributed by atoms with Crippen molar-refractivity contribution in [3.05, 3.63) is 71.3 Å². The van der Waals surface area contributed by atoms with Gasteiger partial charge in [0.15, 0.2) is 11.6 Å². The number of carbonyl (C=O) groups excluding carboxylic acids is 2. The van der Waals surface area contributed by atoms with Gasteiger partial charge in [-0.05, 0) is 17.2 Å². The lowest BCUT2D eigenvalue weighted by Crippen LogP contribution is -2.14. The van der Waals surface area contributed by atoms with E-state index in [9.17, 15) is 9.59 Å². The van der Waals surface area contributed by atoms with Gasteiger partial charge in [0, 0.05) is 5.56 Å². The summed E-state index contributed by atoms with van der Waals surface area (Å²) in [5.41, 5.74) is 2.31. The quantitative estimate of drug-likeness (QED) is 0.807. The van der Waals surface area contributed by atoms with Crippen LogP contribution < -0.4 is 4.74 Å². The molecule has 0 heterocycles. The van der Waals surface area contributed by atoms with Crippen molar-refractivity contribution in [2.45, 2.75) is 5.92 Å². The topological polar surface area (TPSA) is 43.4 Å². The van der Waals surface area contributed by atoms with Crippen molar-refractivity contribution in [3.63, 3.8) is 0 Å². The van der Waals surface area contributed by atoms with Gasteiger partial charge >= 0.3 is 0 Å². The lowest BCUT2D eigenvalue weighted by atomic mass is 9.90. The second-order valence-corrected chi connectivity index (χ2v) is 4.88. The summed E-state index contributed by atoms with van der Waals surface area (Å²) in [6, 6.07) is 12.4.